The van der Waals surface area contributed by atoms with Crippen LogP contribution >= 0.6 is 0 Å². The Bertz CT molecular complexity index is 1050. The highest BCUT2D eigenvalue weighted by Gasteiger charge is 2.32. The van der Waals surface area contributed by atoms with Crippen molar-refractivity contribution in [2.24, 2.45) is 0 Å². The van der Waals surface area contributed by atoms with Gasteiger partial charge in [-0.3, -0.25) is 4.98 Å². The van der Waals surface area contributed by atoms with Crippen LogP contribution in [0.5, 0.6) is 11.6 Å². The second kappa shape index (κ2) is 7.36. The molecule has 2 atom stereocenters. The number of aromatic hydroxyl groups is 1. The molecule has 0 spiro atoms. The Morgan fingerprint density at radius 1 is 1.10 bits per heavy atom. The Labute approximate surface area is 166 Å². The van der Waals surface area contributed by atoms with Crippen LogP contribution in [0.25, 0.3) is 22.6 Å². The van der Waals surface area contributed by atoms with E-state index >= 15 is 0 Å². The van der Waals surface area contributed by atoms with Gasteiger partial charge in [0, 0.05) is 29.3 Å². The van der Waals surface area contributed by atoms with Crippen molar-refractivity contribution in [3.8, 4) is 34.2 Å². The van der Waals surface area contributed by atoms with E-state index in [0.717, 1.165) is 12.8 Å². The van der Waals surface area contributed by atoms with Crippen molar-refractivity contribution in [1.29, 1.82) is 0 Å². The van der Waals surface area contributed by atoms with Crippen LogP contribution in [0.4, 0.5) is 0 Å². The predicted molar refractivity (Wildman–Crippen MR) is 106 cm³/mol. The number of phenols is 1. The van der Waals surface area contributed by atoms with E-state index < -0.39 is 5.76 Å². The average molecular weight is 394 g/mol. The van der Waals surface area contributed by atoms with Crippen LogP contribution in [0.1, 0.15) is 32.1 Å². The molecule has 4 heterocycles. The molecular formula is C21H22N4O4. The number of H-pyrrole nitrogens is 1. The smallest absolute Gasteiger partial charge is 0.416 e. The van der Waals surface area contributed by atoms with Gasteiger partial charge in [0.05, 0.1) is 11.9 Å². The number of nitrogens with one attached hydrogen (secondary N) is 2. The summed E-state index contributed by atoms with van der Waals surface area (Å²) in [5, 5.41) is 22.5. The van der Waals surface area contributed by atoms with Crippen molar-refractivity contribution in [2.45, 2.75) is 50.3 Å². The molecule has 2 bridgehead atoms. The number of ether oxygens (including phenoxy) is 1. The van der Waals surface area contributed by atoms with E-state index in [9.17, 15) is 9.90 Å². The Morgan fingerprint density at radius 2 is 1.93 bits per heavy atom. The van der Waals surface area contributed by atoms with E-state index in [0.29, 0.717) is 40.5 Å². The maximum Gasteiger partial charge on any atom is 0.416 e. The van der Waals surface area contributed by atoms with Gasteiger partial charge in [0.25, 0.3) is 0 Å². The van der Waals surface area contributed by atoms with Gasteiger partial charge in [-0.2, -0.15) is 0 Å². The SMILES string of the molecule is O=c1[nH]cc(-c2ccc(-c3ccc(OC4CC5CCCC(C4)N5)nn3)c(O)c2)o1. The number of oxazole rings is 1. The van der Waals surface area contributed by atoms with E-state index in [4.69, 9.17) is 9.15 Å². The fourth-order valence-corrected chi connectivity index (χ4v) is 4.33. The molecule has 2 saturated heterocycles. The summed E-state index contributed by atoms with van der Waals surface area (Å²) in [7, 11) is 0. The van der Waals surface area contributed by atoms with Gasteiger partial charge in [0.1, 0.15) is 11.9 Å². The summed E-state index contributed by atoms with van der Waals surface area (Å²) in [4.78, 5) is 13.6. The summed E-state index contributed by atoms with van der Waals surface area (Å²) < 4.78 is 11.1. The number of aromatic amines is 1. The summed E-state index contributed by atoms with van der Waals surface area (Å²) >= 11 is 0. The highest BCUT2D eigenvalue weighted by atomic mass is 16.5. The van der Waals surface area contributed by atoms with E-state index in [1.807, 2.05) is 0 Å². The van der Waals surface area contributed by atoms with Gasteiger partial charge < -0.3 is 19.6 Å². The molecule has 1 aromatic carbocycles. The minimum atomic E-state index is -0.539. The van der Waals surface area contributed by atoms with Crippen LogP contribution < -0.4 is 15.8 Å². The third-order valence-electron chi connectivity index (χ3n) is 5.68. The largest absolute Gasteiger partial charge is 0.507 e. The van der Waals surface area contributed by atoms with E-state index in [-0.39, 0.29) is 11.9 Å². The summed E-state index contributed by atoms with van der Waals surface area (Å²) in [6.07, 6.45) is 7.33. The zero-order chi connectivity index (χ0) is 19.8. The molecule has 3 aromatic rings. The number of piperidine rings is 2. The summed E-state index contributed by atoms with van der Waals surface area (Å²) in [5.41, 5.74) is 1.68. The highest BCUT2D eigenvalue weighted by molar-refractivity contribution is 5.72. The Morgan fingerprint density at radius 3 is 2.59 bits per heavy atom. The van der Waals surface area contributed by atoms with Gasteiger partial charge in [-0.1, -0.05) is 12.5 Å². The first kappa shape index (κ1) is 17.9. The zero-order valence-corrected chi connectivity index (χ0v) is 15.8. The lowest BCUT2D eigenvalue weighted by atomic mass is 9.85. The molecule has 2 aliphatic rings. The first-order chi connectivity index (χ1) is 14.1. The molecule has 2 aliphatic heterocycles. The predicted octanol–water partition coefficient (Wildman–Crippen LogP) is 2.85. The molecule has 8 nitrogen and oxygen atoms in total. The Hall–Kier alpha value is -3.13. The third kappa shape index (κ3) is 3.75. The van der Waals surface area contributed by atoms with Gasteiger partial charge in [-0.15, -0.1) is 10.2 Å². The molecule has 0 saturated carbocycles. The van der Waals surface area contributed by atoms with Gasteiger partial charge in [-0.25, -0.2) is 4.79 Å². The minimum absolute atomic E-state index is 0.0282. The fraction of sp³-hybridized carbons (Fsp3) is 0.381. The van der Waals surface area contributed by atoms with Crippen molar-refractivity contribution in [2.75, 3.05) is 0 Å². The Balaban J connectivity index is 1.30. The number of hydrogen-bond acceptors (Lipinski definition) is 7. The first-order valence-corrected chi connectivity index (χ1v) is 9.93. The number of rotatable bonds is 4. The van der Waals surface area contributed by atoms with E-state index in [2.05, 4.69) is 20.5 Å². The maximum atomic E-state index is 11.1. The van der Waals surface area contributed by atoms with Crippen LogP contribution in [0, 0.1) is 0 Å². The quantitative estimate of drug-likeness (QED) is 0.623. The number of hydrogen-bond donors (Lipinski definition) is 3. The molecule has 0 radical (unpaired) electrons. The molecule has 5 rings (SSSR count). The lowest BCUT2D eigenvalue weighted by molar-refractivity contribution is 0.0881. The summed E-state index contributed by atoms with van der Waals surface area (Å²) in [5.74, 6) is 0.352. The maximum absolute atomic E-state index is 11.1. The Kier molecular flexibility index (Phi) is 4.55. The number of nitrogens with zero attached hydrogens (tertiary/aromatic N) is 2. The number of phenolic OH excluding ortho intramolecular Hbond substituents is 1. The van der Waals surface area contributed by atoms with Gasteiger partial charge in [0.15, 0.2) is 5.76 Å². The third-order valence-corrected chi connectivity index (χ3v) is 5.68. The molecule has 0 amide bonds. The number of fused-ring (bicyclic) bond motifs is 2. The molecule has 2 fully saturated rings. The summed E-state index contributed by atoms with van der Waals surface area (Å²) in [6, 6.07) is 9.66. The van der Waals surface area contributed by atoms with Crippen LogP contribution in [0.2, 0.25) is 0 Å². The topological polar surface area (TPSA) is 113 Å². The van der Waals surface area contributed by atoms with E-state index in [1.165, 1.54) is 31.5 Å². The molecule has 3 N–H and O–H groups in total. The molecule has 2 unspecified atom stereocenters. The standard InChI is InChI=1S/C21H22N4O4/c26-18-8-12(19-11-22-21(27)29-19)4-5-16(18)17-6-7-20(25-24-17)28-15-9-13-2-1-3-14(10-15)23-13/h4-8,11,13-15,23,26H,1-3,9-10H2,(H,22,27). The molecule has 2 aromatic heterocycles. The summed E-state index contributed by atoms with van der Waals surface area (Å²) in [6.45, 7) is 0. The zero-order valence-electron chi connectivity index (χ0n) is 15.8. The van der Waals surface area contributed by atoms with Crippen LogP contribution in [0.3, 0.4) is 0 Å². The average Bonchev–Trinajstić information content (AvgIpc) is 3.15. The second-order valence-electron chi connectivity index (χ2n) is 7.73. The number of aromatic nitrogens is 3. The van der Waals surface area contributed by atoms with Gasteiger partial charge in [0.2, 0.25) is 5.88 Å². The number of benzene rings is 1. The second-order valence-corrected chi connectivity index (χ2v) is 7.73. The molecule has 8 heteroatoms. The monoisotopic (exact) mass is 394 g/mol. The van der Waals surface area contributed by atoms with Crippen molar-refractivity contribution >= 4 is 0 Å². The molecular weight excluding hydrogens is 372 g/mol. The van der Waals surface area contributed by atoms with Gasteiger partial charge >= 0.3 is 5.76 Å². The normalized spacial score (nSPS) is 23.7. The van der Waals surface area contributed by atoms with E-state index in [1.54, 1.807) is 24.3 Å². The van der Waals surface area contributed by atoms with Crippen molar-refractivity contribution in [3.05, 3.63) is 47.1 Å². The lowest BCUT2D eigenvalue weighted by Crippen LogP contribution is -2.51. The first-order valence-electron chi connectivity index (χ1n) is 9.93. The van der Waals surface area contributed by atoms with Crippen molar-refractivity contribution in [3.63, 3.8) is 0 Å². The molecule has 0 aliphatic carbocycles. The fourth-order valence-electron chi connectivity index (χ4n) is 4.33. The minimum Gasteiger partial charge on any atom is -0.507 e. The molecule has 29 heavy (non-hydrogen) atoms. The van der Waals surface area contributed by atoms with Crippen LogP contribution in [-0.2, 0) is 0 Å². The van der Waals surface area contributed by atoms with Crippen molar-refractivity contribution in [1.82, 2.24) is 20.5 Å². The van der Waals surface area contributed by atoms with Crippen LogP contribution in [-0.4, -0.2) is 38.5 Å². The van der Waals surface area contributed by atoms with Crippen LogP contribution in [0.15, 0.2) is 45.7 Å². The molecule has 150 valence electrons. The van der Waals surface area contributed by atoms with Gasteiger partial charge in [-0.05, 0) is 43.9 Å². The van der Waals surface area contributed by atoms with Crippen molar-refractivity contribution < 1.29 is 14.3 Å². The lowest BCUT2D eigenvalue weighted by Gasteiger charge is -2.39. The highest BCUT2D eigenvalue weighted by Crippen LogP contribution is 2.33.